The van der Waals surface area contributed by atoms with E-state index in [4.69, 9.17) is 5.11 Å². The van der Waals surface area contributed by atoms with Crippen LogP contribution in [0.2, 0.25) is 0 Å². The van der Waals surface area contributed by atoms with Gasteiger partial charge in [0.25, 0.3) is 11.8 Å². The lowest BCUT2D eigenvalue weighted by Gasteiger charge is -2.31. The van der Waals surface area contributed by atoms with Crippen molar-refractivity contribution in [1.29, 1.82) is 0 Å². The average molecular weight is 780 g/mol. The number of carboxylic acids is 2. The zero-order valence-electron chi connectivity index (χ0n) is 31.6. The number of aromatic carboxylic acids is 1. The van der Waals surface area contributed by atoms with Gasteiger partial charge in [0.15, 0.2) is 9.84 Å². The number of aliphatic carboxylic acids is 1. The van der Waals surface area contributed by atoms with Crippen molar-refractivity contribution in [1.82, 2.24) is 0 Å². The van der Waals surface area contributed by atoms with Crippen molar-refractivity contribution in [2.45, 2.75) is 81.3 Å². The van der Waals surface area contributed by atoms with Crippen LogP contribution in [-0.2, 0) is 27.5 Å². The van der Waals surface area contributed by atoms with Crippen LogP contribution in [-0.4, -0.2) is 60.7 Å². The number of nitrogens with zero attached hydrogens (tertiary/aromatic N) is 1. The minimum atomic E-state index is -3.83. The molecule has 1 heterocycles. The Morgan fingerprint density at radius 3 is 1.98 bits per heavy atom. The molecule has 294 valence electrons. The van der Waals surface area contributed by atoms with E-state index in [0.717, 1.165) is 62.0 Å². The molecule has 1 saturated heterocycles. The van der Waals surface area contributed by atoms with Gasteiger partial charge < -0.3 is 25.7 Å². The molecule has 2 aliphatic rings. The van der Waals surface area contributed by atoms with Crippen molar-refractivity contribution in [3.05, 3.63) is 119 Å². The van der Waals surface area contributed by atoms with Crippen molar-refractivity contribution in [3.63, 3.8) is 0 Å². The van der Waals surface area contributed by atoms with Crippen LogP contribution in [0.1, 0.15) is 100 Å². The summed E-state index contributed by atoms with van der Waals surface area (Å²) >= 11 is 0. The van der Waals surface area contributed by atoms with Crippen LogP contribution in [0.5, 0.6) is 0 Å². The molecule has 4 N–H and O–H groups in total. The highest BCUT2D eigenvalue weighted by Crippen LogP contribution is 2.37. The predicted molar refractivity (Wildman–Crippen MR) is 216 cm³/mol. The molecule has 2 amide bonds. The summed E-state index contributed by atoms with van der Waals surface area (Å²) in [6, 6.07) is 25.6. The van der Waals surface area contributed by atoms with Gasteiger partial charge in [-0.05, 0) is 142 Å². The number of hydrogen-bond acceptors (Lipinski definition) is 7. The summed E-state index contributed by atoms with van der Waals surface area (Å²) in [5.41, 5.74) is 4.44. The van der Waals surface area contributed by atoms with E-state index in [2.05, 4.69) is 15.5 Å². The van der Waals surface area contributed by atoms with Crippen LogP contribution in [0.15, 0.2) is 95.9 Å². The van der Waals surface area contributed by atoms with Crippen molar-refractivity contribution in [2.24, 2.45) is 11.8 Å². The van der Waals surface area contributed by atoms with Crippen molar-refractivity contribution in [2.75, 3.05) is 28.6 Å². The molecule has 0 bridgehead atoms. The van der Waals surface area contributed by atoms with Crippen LogP contribution in [0.4, 0.5) is 17.1 Å². The number of aryl methyl sites for hydroxylation is 2. The van der Waals surface area contributed by atoms with Crippen molar-refractivity contribution >= 4 is 50.7 Å². The Morgan fingerprint density at radius 2 is 1.38 bits per heavy atom. The first-order valence-corrected chi connectivity index (χ1v) is 21.0. The van der Waals surface area contributed by atoms with Crippen molar-refractivity contribution < 1.29 is 37.8 Å². The molecule has 12 heteroatoms. The van der Waals surface area contributed by atoms with Gasteiger partial charge in [-0.15, -0.1) is 0 Å². The van der Waals surface area contributed by atoms with E-state index in [1.807, 2.05) is 49.4 Å². The van der Waals surface area contributed by atoms with Gasteiger partial charge in [-0.2, -0.15) is 0 Å². The number of nitrogens with one attached hydrogen (secondary N) is 2. The van der Waals surface area contributed by atoms with E-state index < -0.39 is 44.8 Å². The number of carbonyl (C=O) groups is 4. The molecule has 1 aliphatic heterocycles. The van der Waals surface area contributed by atoms with Crippen LogP contribution in [0.25, 0.3) is 0 Å². The average Bonchev–Trinajstić information content (AvgIpc) is 3.21. The van der Waals surface area contributed by atoms with Gasteiger partial charge in [-0.1, -0.05) is 37.3 Å². The molecule has 0 unspecified atom stereocenters. The monoisotopic (exact) mass is 779 g/mol. The van der Waals surface area contributed by atoms with Crippen LogP contribution >= 0.6 is 0 Å². The molecule has 1 saturated carbocycles. The second kappa shape index (κ2) is 18.0. The number of carboxylic acid groups (broad SMARTS) is 2. The number of hydrogen-bond donors (Lipinski definition) is 4. The highest BCUT2D eigenvalue weighted by Gasteiger charge is 2.37. The first-order chi connectivity index (χ1) is 26.9. The third-order valence-electron chi connectivity index (χ3n) is 11.2. The molecule has 0 radical (unpaired) electrons. The number of carbonyl (C=O) groups excluding carboxylic acids is 2. The summed E-state index contributed by atoms with van der Waals surface area (Å²) in [6.45, 7) is 3.54. The molecule has 2 fully saturated rings. The number of sulfone groups is 1. The topological polar surface area (TPSA) is 170 Å². The molecule has 4 aromatic rings. The van der Waals surface area contributed by atoms with E-state index in [0.29, 0.717) is 37.8 Å². The second-order valence-corrected chi connectivity index (χ2v) is 17.0. The maximum Gasteiger partial charge on any atom is 0.335 e. The minimum Gasteiger partial charge on any atom is -0.481 e. The van der Waals surface area contributed by atoms with Crippen molar-refractivity contribution in [3.8, 4) is 0 Å². The third kappa shape index (κ3) is 9.65. The molecule has 1 atom stereocenters. The standard InChI is InChI=1S/C44H49N3O8S/c1-2-40(31-17-19-33(20-18-31)44(52)53)56(54,55)37-8-6-7-34(27-37)41(48)46-39-24-23-36(47-25-4-3-5-26-47)28-38(39)42(49)45-35-21-13-30(14-22-35)10-9-29-11-15-32(16-12-29)43(50)51/h6-8,11-16,21-24,27-28,31,33,40H,2-5,9-10,17-20,25-26H2,1H3,(H,45,49)(H,46,48)(H,50,51)(H,52,53)/t31?,33?,40-/m0/s1. The van der Waals surface area contributed by atoms with Crippen LogP contribution < -0.4 is 15.5 Å². The minimum absolute atomic E-state index is 0.0373. The Kier molecular flexibility index (Phi) is 12.9. The lowest BCUT2D eigenvalue weighted by Crippen LogP contribution is -2.34. The Bertz CT molecular complexity index is 2160. The number of piperidine rings is 1. The molecule has 4 aromatic carbocycles. The number of anilines is 3. The van der Waals surface area contributed by atoms with Crippen LogP contribution in [0, 0.1) is 11.8 Å². The Balaban J connectivity index is 1.17. The van der Waals surface area contributed by atoms with Gasteiger partial charge in [0, 0.05) is 30.0 Å². The van der Waals surface area contributed by atoms with E-state index in [1.54, 1.807) is 36.4 Å². The second-order valence-electron chi connectivity index (χ2n) is 14.9. The summed E-state index contributed by atoms with van der Waals surface area (Å²) in [6.07, 6.45) is 6.98. The lowest BCUT2D eigenvalue weighted by atomic mass is 9.80. The SMILES string of the molecule is CC[C@@H](C1CCC(C(=O)O)CC1)S(=O)(=O)c1cccc(C(=O)Nc2ccc(N3CCCCC3)cc2C(=O)Nc2ccc(CCc3ccc(C(=O)O)cc3)cc2)c1. The maximum atomic E-state index is 13.9. The highest BCUT2D eigenvalue weighted by atomic mass is 32.2. The van der Waals surface area contributed by atoms with Gasteiger partial charge in [0.05, 0.1) is 32.9 Å². The largest absolute Gasteiger partial charge is 0.481 e. The third-order valence-corrected chi connectivity index (χ3v) is 13.6. The zero-order valence-corrected chi connectivity index (χ0v) is 32.4. The predicted octanol–water partition coefficient (Wildman–Crippen LogP) is 8.11. The number of rotatable bonds is 14. The molecule has 56 heavy (non-hydrogen) atoms. The summed E-state index contributed by atoms with van der Waals surface area (Å²) in [4.78, 5) is 52.6. The maximum absolute atomic E-state index is 13.9. The highest BCUT2D eigenvalue weighted by molar-refractivity contribution is 7.92. The quantitative estimate of drug-likeness (QED) is 0.0988. The lowest BCUT2D eigenvalue weighted by molar-refractivity contribution is -0.143. The fraction of sp³-hybridized carbons (Fsp3) is 0.364. The normalized spacial score (nSPS) is 17.8. The molecule has 1 aliphatic carbocycles. The molecule has 6 rings (SSSR count). The van der Waals surface area contributed by atoms with E-state index in [-0.39, 0.29) is 33.2 Å². The van der Waals surface area contributed by atoms with Gasteiger partial charge >= 0.3 is 11.9 Å². The summed E-state index contributed by atoms with van der Waals surface area (Å²) < 4.78 is 27.9. The molecular weight excluding hydrogens is 731 g/mol. The zero-order chi connectivity index (χ0) is 39.8. The Hall–Kier alpha value is -5.49. The van der Waals surface area contributed by atoms with Gasteiger partial charge in [0.1, 0.15) is 0 Å². The van der Waals surface area contributed by atoms with E-state index in [1.165, 1.54) is 12.1 Å². The molecule has 0 aromatic heterocycles. The van der Waals surface area contributed by atoms with Crippen LogP contribution in [0.3, 0.4) is 0 Å². The van der Waals surface area contributed by atoms with Gasteiger partial charge in [-0.25, -0.2) is 13.2 Å². The smallest absolute Gasteiger partial charge is 0.335 e. The first-order valence-electron chi connectivity index (χ1n) is 19.4. The summed E-state index contributed by atoms with van der Waals surface area (Å²) in [5, 5.41) is 23.7. The summed E-state index contributed by atoms with van der Waals surface area (Å²) in [5.74, 6) is -3.39. The fourth-order valence-corrected chi connectivity index (χ4v) is 10.1. The molecule has 11 nitrogen and oxygen atoms in total. The number of benzene rings is 4. The van der Waals surface area contributed by atoms with Gasteiger partial charge in [0.2, 0.25) is 0 Å². The Labute approximate surface area is 328 Å². The first kappa shape index (κ1) is 40.2. The van der Waals surface area contributed by atoms with E-state index in [9.17, 15) is 32.7 Å². The number of amides is 2. The van der Waals surface area contributed by atoms with E-state index >= 15 is 0 Å². The van der Waals surface area contributed by atoms with Gasteiger partial charge in [-0.3, -0.25) is 14.4 Å². The fourth-order valence-electron chi connectivity index (χ4n) is 7.96. The molecule has 0 spiro atoms. The summed E-state index contributed by atoms with van der Waals surface area (Å²) in [7, 11) is -3.83. The Morgan fingerprint density at radius 1 is 0.732 bits per heavy atom. The molecular formula is C44H49N3O8S.